The number of hydrazine groups is 1. The number of amides is 3. The molecule has 0 unspecified atom stereocenters. The molecule has 0 bridgehead atoms. The van der Waals surface area contributed by atoms with Gasteiger partial charge in [0.15, 0.2) is 0 Å². The molecule has 3 rings (SSSR count). The van der Waals surface area contributed by atoms with Gasteiger partial charge in [0, 0.05) is 25.9 Å². The van der Waals surface area contributed by atoms with Crippen molar-refractivity contribution in [2.45, 2.75) is 0 Å². The van der Waals surface area contributed by atoms with Crippen molar-refractivity contribution in [3.05, 3.63) is 99.1 Å². The van der Waals surface area contributed by atoms with Gasteiger partial charge in [0.1, 0.15) is 0 Å². The zero-order chi connectivity index (χ0) is 19.9. The number of hydrogen-bond donors (Lipinski definition) is 3. The van der Waals surface area contributed by atoms with Gasteiger partial charge in [0.05, 0.1) is 0 Å². The van der Waals surface area contributed by atoms with Crippen molar-refractivity contribution >= 4 is 46.0 Å². The van der Waals surface area contributed by atoms with Crippen LogP contribution in [0.15, 0.2) is 78.9 Å². The van der Waals surface area contributed by atoms with Crippen LogP contribution in [0.4, 0.5) is 5.69 Å². The Bertz CT molecular complexity index is 1000. The van der Waals surface area contributed by atoms with E-state index in [4.69, 9.17) is 0 Å². The molecule has 3 amide bonds. The lowest BCUT2D eigenvalue weighted by atomic mass is 10.1. The summed E-state index contributed by atoms with van der Waals surface area (Å²) in [7, 11) is 0. The predicted octanol–water partition coefficient (Wildman–Crippen LogP) is 3.62. The summed E-state index contributed by atoms with van der Waals surface area (Å²) >= 11 is 2.11. The highest BCUT2D eigenvalue weighted by atomic mass is 127. The van der Waals surface area contributed by atoms with Crippen molar-refractivity contribution in [2.75, 3.05) is 5.32 Å². The molecule has 0 saturated carbocycles. The Morgan fingerprint density at radius 3 is 1.82 bits per heavy atom. The molecule has 28 heavy (non-hydrogen) atoms. The van der Waals surface area contributed by atoms with Crippen LogP contribution in [0.25, 0.3) is 0 Å². The molecule has 0 aliphatic heterocycles. The molecule has 7 heteroatoms. The van der Waals surface area contributed by atoms with Gasteiger partial charge >= 0.3 is 0 Å². The molecule has 0 saturated heterocycles. The molecular formula is C21H16IN3O3. The van der Waals surface area contributed by atoms with E-state index in [1.54, 1.807) is 66.7 Å². The van der Waals surface area contributed by atoms with Crippen LogP contribution in [0.5, 0.6) is 0 Å². The summed E-state index contributed by atoms with van der Waals surface area (Å²) in [5.41, 5.74) is 6.66. The number of carbonyl (C=O) groups is 3. The van der Waals surface area contributed by atoms with Crippen LogP contribution in [0.3, 0.4) is 0 Å². The van der Waals surface area contributed by atoms with E-state index in [2.05, 4.69) is 38.8 Å². The van der Waals surface area contributed by atoms with Gasteiger partial charge in [-0.2, -0.15) is 0 Å². The minimum atomic E-state index is -0.458. The fourth-order valence-electron chi connectivity index (χ4n) is 2.39. The number of anilines is 1. The molecule has 3 aromatic rings. The zero-order valence-corrected chi connectivity index (χ0v) is 16.8. The Hall–Kier alpha value is -3.20. The lowest BCUT2D eigenvalue weighted by Crippen LogP contribution is -2.41. The van der Waals surface area contributed by atoms with E-state index in [0.29, 0.717) is 22.4 Å². The number of rotatable bonds is 4. The maximum absolute atomic E-state index is 12.2. The minimum absolute atomic E-state index is 0.234. The summed E-state index contributed by atoms with van der Waals surface area (Å²) in [5.74, 6) is -1.10. The fraction of sp³-hybridized carbons (Fsp3) is 0. The Labute approximate surface area is 175 Å². The van der Waals surface area contributed by atoms with Crippen molar-refractivity contribution in [1.29, 1.82) is 0 Å². The van der Waals surface area contributed by atoms with Crippen LogP contribution in [0, 0.1) is 3.57 Å². The lowest BCUT2D eigenvalue weighted by molar-refractivity contribution is 0.0846. The van der Waals surface area contributed by atoms with Crippen molar-refractivity contribution in [1.82, 2.24) is 10.9 Å². The van der Waals surface area contributed by atoms with E-state index >= 15 is 0 Å². The summed E-state index contributed by atoms with van der Waals surface area (Å²) in [5, 5.41) is 2.76. The molecule has 0 radical (unpaired) electrons. The minimum Gasteiger partial charge on any atom is -0.322 e. The quantitative estimate of drug-likeness (QED) is 0.390. The molecule has 0 aromatic heterocycles. The first-order valence-corrected chi connectivity index (χ1v) is 9.43. The average Bonchev–Trinajstić information content (AvgIpc) is 2.73. The van der Waals surface area contributed by atoms with E-state index in [1.807, 2.05) is 12.1 Å². The zero-order valence-electron chi connectivity index (χ0n) is 14.6. The standard InChI is InChI=1S/C21H16IN3O3/c22-17-8-4-7-16(13-17)21(28)25-24-20(27)15-9-11-18(12-10-15)23-19(26)14-5-2-1-3-6-14/h1-13H,(H,23,26)(H,24,27)(H,25,28). The van der Waals surface area contributed by atoms with Crippen molar-refractivity contribution in [2.24, 2.45) is 0 Å². The second-order valence-corrected chi connectivity index (χ2v) is 7.06. The van der Waals surface area contributed by atoms with E-state index in [-0.39, 0.29) is 5.91 Å². The molecule has 3 aromatic carbocycles. The fourth-order valence-corrected chi connectivity index (χ4v) is 2.93. The van der Waals surface area contributed by atoms with E-state index < -0.39 is 11.8 Å². The third kappa shape index (κ3) is 5.17. The smallest absolute Gasteiger partial charge is 0.269 e. The SMILES string of the molecule is O=C(NNC(=O)c1cccc(I)c1)c1ccc(NC(=O)c2ccccc2)cc1. The van der Waals surface area contributed by atoms with Crippen LogP contribution < -0.4 is 16.2 Å². The van der Waals surface area contributed by atoms with E-state index in [9.17, 15) is 14.4 Å². The monoisotopic (exact) mass is 485 g/mol. The summed E-state index contributed by atoms with van der Waals surface area (Å²) in [6.45, 7) is 0. The van der Waals surface area contributed by atoms with Crippen LogP contribution in [0.1, 0.15) is 31.1 Å². The van der Waals surface area contributed by atoms with Gasteiger partial charge < -0.3 is 5.32 Å². The van der Waals surface area contributed by atoms with Gasteiger partial charge in [0.2, 0.25) is 0 Å². The van der Waals surface area contributed by atoms with Gasteiger partial charge in [-0.15, -0.1) is 0 Å². The third-order valence-electron chi connectivity index (χ3n) is 3.82. The number of carbonyl (C=O) groups excluding carboxylic acids is 3. The number of benzene rings is 3. The topological polar surface area (TPSA) is 87.3 Å². The van der Waals surface area contributed by atoms with Crippen molar-refractivity contribution in [3.63, 3.8) is 0 Å². The molecule has 0 aliphatic carbocycles. The second-order valence-electron chi connectivity index (χ2n) is 5.82. The maximum atomic E-state index is 12.2. The van der Waals surface area contributed by atoms with Crippen LogP contribution >= 0.6 is 22.6 Å². The highest BCUT2D eigenvalue weighted by Gasteiger charge is 2.10. The third-order valence-corrected chi connectivity index (χ3v) is 4.49. The normalized spacial score (nSPS) is 10.0. The molecule has 3 N–H and O–H groups in total. The summed E-state index contributed by atoms with van der Waals surface area (Å²) in [6, 6.07) is 22.2. The van der Waals surface area contributed by atoms with Gasteiger partial charge in [-0.3, -0.25) is 25.2 Å². The predicted molar refractivity (Wildman–Crippen MR) is 115 cm³/mol. The van der Waals surface area contributed by atoms with Gasteiger partial charge in [-0.25, -0.2) is 0 Å². The van der Waals surface area contributed by atoms with Crippen LogP contribution in [-0.2, 0) is 0 Å². The van der Waals surface area contributed by atoms with Gasteiger partial charge in [-0.1, -0.05) is 24.3 Å². The first-order chi connectivity index (χ1) is 13.5. The van der Waals surface area contributed by atoms with Gasteiger partial charge in [0.25, 0.3) is 17.7 Å². The Morgan fingerprint density at radius 2 is 1.18 bits per heavy atom. The molecule has 140 valence electrons. The van der Waals surface area contributed by atoms with Crippen LogP contribution in [-0.4, -0.2) is 17.7 Å². The maximum Gasteiger partial charge on any atom is 0.269 e. The average molecular weight is 485 g/mol. The first kappa shape index (κ1) is 19.6. The largest absolute Gasteiger partial charge is 0.322 e. The molecule has 0 heterocycles. The highest BCUT2D eigenvalue weighted by Crippen LogP contribution is 2.12. The number of halogens is 1. The van der Waals surface area contributed by atoms with Crippen LogP contribution in [0.2, 0.25) is 0 Å². The Balaban J connectivity index is 1.56. The highest BCUT2D eigenvalue weighted by molar-refractivity contribution is 14.1. The molecule has 0 atom stereocenters. The Morgan fingerprint density at radius 1 is 0.607 bits per heavy atom. The van der Waals surface area contributed by atoms with Crippen molar-refractivity contribution in [3.8, 4) is 0 Å². The summed E-state index contributed by atoms with van der Waals surface area (Å²) in [6.07, 6.45) is 0. The van der Waals surface area contributed by atoms with E-state index in [0.717, 1.165) is 3.57 Å². The number of hydrogen-bond acceptors (Lipinski definition) is 3. The molecular weight excluding hydrogens is 469 g/mol. The lowest BCUT2D eigenvalue weighted by Gasteiger charge is -2.09. The molecule has 0 fully saturated rings. The molecule has 0 aliphatic rings. The second kappa shape index (κ2) is 9.14. The summed E-state index contributed by atoms with van der Waals surface area (Å²) in [4.78, 5) is 36.4. The van der Waals surface area contributed by atoms with E-state index in [1.165, 1.54) is 0 Å². The molecule has 6 nitrogen and oxygen atoms in total. The molecule has 0 spiro atoms. The summed E-state index contributed by atoms with van der Waals surface area (Å²) < 4.78 is 0.921. The first-order valence-electron chi connectivity index (χ1n) is 8.35. The van der Waals surface area contributed by atoms with Crippen molar-refractivity contribution < 1.29 is 14.4 Å². The van der Waals surface area contributed by atoms with Gasteiger partial charge in [-0.05, 0) is 77.2 Å². The Kier molecular flexibility index (Phi) is 6.38. The number of nitrogens with one attached hydrogen (secondary N) is 3.